The molecule has 3 rings (SSSR count). The number of likely N-dealkylation sites (tertiary alicyclic amines) is 1. The van der Waals surface area contributed by atoms with Gasteiger partial charge in [-0.2, -0.15) is 0 Å². The van der Waals surface area contributed by atoms with Crippen LogP contribution < -0.4 is 5.32 Å². The summed E-state index contributed by atoms with van der Waals surface area (Å²) in [6, 6.07) is 0.688. The van der Waals surface area contributed by atoms with Gasteiger partial charge in [0, 0.05) is 19.1 Å². The topological polar surface area (TPSA) is 15.3 Å². The van der Waals surface area contributed by atoms with Gasteiger partial charge in [-0.15, -0.1) is 0 Å². The van der Waals surface area contributed by atoms with Crippen LogP contribution in [0.2, 0.25) is 0 Å². The Labute approximate surface area is 113 Å². The van der Waals surface area contributed by atoms with Gasteiger partial charge >= 0.3 is 0 Å². The van der Waals surface area contributed by atoms with Crippen LogP contribution in [0, 0.1) is 23.7 Å². The second kappa shape index (κ2) is 5.50. The van der Waals surface area contributed by atoms with E-state index in [1.54, 1.807) is 25.7 Å². The number of hydrogen-bond donors (Lipinski definition) is 1. The number of nitrogens with zero attached hydrogens (tertiary/aromatic N) is 1. The van der Waals surface area contributed by atoms with E-state index in [1.165, 1.54) is 32.5 Å². The maximum Gasteiger partial charge on any atom is 0.00762 e. The molecule has 2 aliphatic carbocycles. The molecule has 1 N–H and O–H groups in total. The van der Waals surface area contributed by atoms with Gasteiger partial charge in [0.2, 0.25) is 0 Å². The van der Waals surface area contributed by atoms with Crippen molar-refractivity contribution in [2.24, 2.45) is 23.7 Å². The number of nitrogens with one attached hydrogen (secondary N) is 1. The lowest BCUT2D eigenvalue weighted by Gasteiger charge is -2.38. The number of hydrogen-bond acceptors (Lipinski definition) is 2. The molecule has 0 radical (unpaired) electrons. The highest BCUT2D eigenvalue weighted by Gasteiger charge is 2.40. The third kappa shape index (κ3) is 2.60. The van der Waals surface area contributed by atoms with Crippen molar-refractivity contribution in [3.05, 3.63) is 0 Å². The van der Waals surface area contributed by atoms with E-state index in [0.717, 1.165) is 23.7 Å². The fraction of sp³-hybridized carbons (Fsp3) is 1.00. The van der Waals surface area contributed by atoms with Crippen LogP contribution in [0.25, 0.3) is 0 Å². The largest absolute Gasteiger partial charge is 0.317 e. The van der Waals surface area contributed by atoms with E-state index < -0.39 is 0 Å². The van der Waals surface area contributed by atoms with E-state index in [1.807, 2.05) is 0 Å². The highest BCUT2D eigenvalue weighted by Crippen LogP contribution is 2.48. The van der Waals surface area contributed by atoms with Crippen molar-refractivity contribution in [2.75, 3.05) is 26.7 Å². The van der Waals surface area contributed by atoms with Crippen molar-refractivity contribution in [1.29, 1.82) is 0 Å². The lowest BCUT2D eigenvalue weighted by atomic mass is 9.86. The van der Waals surface area contributed by atoms with E-state index >= 15 is 0 Å². The molecule has 0 amide bonds. The summed E-state index contributed by atoms with van der Waals surface area (Å²) in [5.41, 5.74) is 0. The molecule has 2 bridgehead atoms. The van der Waals surface area contributed by atoms with Crippen LogP contribution in [-0.4, -0.2) is 37.6 Å². The number of rotatable bonds is 4. The molecule has 1 heterocycles. The van der Waals surface area contributed by atoms with Crippen LogP contribution in [0.5, 0.6) is 0 Å². The van der Waals surface area contributed by atoms with Gasteiger partial charge in [0.05, 0.1) is 0 Å². The van der Waals surface area contributed by atoms with Gasteiger partial charge in [-0.05, 0) is 76.3 Å². The summed E-state index contributed by atoms with van der Waals surface area (Å²) in [6.45, 7) is 6.47. The van der Waals surface area contributed by atoms with Crippen LogP contribution in [0.1, 0.15) is 45.4 Å². The molecule has 104 valence electrons. The monoisotopic (exact) mass is 250 g/mol. The quantitative estimate of drug-likeness (QED) is 0.825. The Morgan fingerprint density at radius 3 is 2.78 bits per heavy atom. The van der Waals surface area contributed by atoms with Crippen LogP contribution in [0.4, 0.5) is 0 Å². The van der Waals surface area contributed by atoms with Crippen LogP contribution in [0.15, 0.2) is 0 Å². The third-order valence-electron chi connectivity index (χ3n) is 6.08. The third-order valence-corrected chi connectivity index (χ3v) is 6.08. The van der Waals surface area contributed by atoms with E-state index in [9.17, 15) is 0 Å². The summed E-state index contributed by atoms with van der Waals surface area (Å²) < 4.78 is 0. The first-order valence-corrected chi connectivity index (χ1v) is 8.16. The van der Waals surface area contributed by atoms with Crippen LogP contribution in [0.3, 0.4) is 0 Å². The van der Waals surface area contributed by atoms with Crippen molar-refractivity contribution in [3.8, 4) is 0 Å². The minimum absolute atomic E-state index is 0.688. The minimum Gasteiger partial charge on any atom is -0.317 e. The van der Waals surface area contributed by atoms with Gasteiger partial charge in [-0.25, -0.2) is 0 Å². The molecular formula is C16H30N2. The van der Waals surface area contributed by atoms with Crippen molar-refractivity contribution in [3.63, 3.8) is 0 Å². The zero-order chi connectivity index (χ0) is 12.5. The van der Waals surface area contributed by atoms with E-state index in [0.29, 0.717) is 6.04 Å². The Balaban J connectivity index is 1.50. The fourth-order valence-corrected chi connectivity index (χ4v) is 4.83. The first-order chi connectivity index (χ1) is 8.76. The molecule has 0 aromatic heterocycles. The second-order valence-corrected chi connectivity index (χ2v) is 7.17. The molecule has 5 unspecified atom stereocenters. The molecule has 0 aromatic carbocycles. The minimum atomic E-state index is 0.688. The van der Waals surface area contributed by atoms with Crippen molar-refractivity contribution < 1.29 is 0 Å². The van der Waals surface area contributed by atoms with Crippen molar-refractivity contribution in [1.82, 2.24) is 10.2 Å². The standard InChI is InChI=1S/C16H30N2/c1-12(17-2)15-4-3-7-18(10-15)11-16-9-13-5-6-14(16)8-13/h12-17H,3-11H2,1-2H3. The van der Waals surface area contributed by atoms with Crippen molar-refractivity contribution in [2.45, 2.75) is 51.5 Å². The smallest absolute Gasteiger partial charge is 0.00762 e. The highest BCUT2D eigenvalue weighted by atomic mass is 15.1. The first-order valence-electron chi connectivity index (χ1n) is 8.16. The molecule has 0 aromatic rings. The Kier molecular flexibility index (Phi) is 3.95. The van der Waals surface area contributed by atoms with E-state index in [2.05, 4.69) is 24.2 Å². The average Bonchev–Trinajstić information content (AvgIpc) is 3.00. The molecule has 2 heteroatoms. The molecule has 0 spiro atoms. The fourth-order valence-electron chi connectivity index (χ4n) is 4.83. The van der Waals surface area contributed by atoms with Crippen LogP contribution >= 0.6 is 0 Å². The molecule has 18 heavy (non-hydrogen) atoms. The molecule has 5 atom stereocenters. The maximum atomic E-state index is 3.45. The van der Waals surface area contributed by atoms with E-state index in [-0.39, 0.29) is 0 Å². The molecule has 1 aliphatic heterocycles. The van der Waals surface area contributed by atoms with Gasteiger partial charge in [-0.1, -0.05) is 6.42 Å². The van der Waals surface area contributed by atoms with Gasteiger partial charge in [0.1, 0.15) is 0 Å². The van der Waals surface area contributed by atoms with E-state index in [4.69, 9.17) is 0 Å². The van der Waals surface area contributed by atoms with Crippen molar-refractivity contribution >= 4 is 0 Å². The molecular weight excluding hydrogens is 220 g/mol. The summed E-state index contributed by atoms with van der Waals surface area (Å²) in [5, 5.41) is 3.45. The Hall–Kier alpha value is -0.0800. The highest BCUT2D eigenvalue weighted by molar-refractivity contribution is 4.92. The Morgan fingerprint density at radius 2 is 2.11 bits per heavy atom. The zero-order valence-corrected chi connectivity index (χ0v) is 12.2. The van der Waals surface area contributed by atoms with Gasteiger partial charge in [0.25, 0.3) is 0 Å². The zero-order valence-electron chi connectivity index (χ0n) is 12.2. The lowest BCUT2D eigenvalue weighted by Crippen LogP contribution is -2.45. The molecule has 2 saturated carbocycles. The van der Waals surface area contributed by atoms with Gasteiger partial charge in [0.15, 0.2) is 0 Å². The summed E-state index contributed by atoms with van der Waals surface area (Å²) in [6.07, 6.45) is 9.04. The summed E-state index contributed by atoms with van der Waals surface area (Å²) in [5.74, 6) is 4.13. The molecule has 1 saturated heterocycles. The number of piperidine rings is 1. The van der Waals surface area contributed by atoms with Gasteiger partial charge < -0.3 is 10.2 Å². The maximum absolute atomic E-state index is 3.45. The molecule has 3 fully saturated rings. The normalized spacial score (nSPS) is 42.3. The average molecular weight is 250 g/mol. The second-order valence-electron chi connectivity index (χ2n) is 7.17. The predicted molar refractivity (Wildman–Crippen MR) is 76.6 cm³/mol. The Morgan fingerprint density at radius 1 is 1.22 bits per heavy atom. The first kappa shape index (κ1) is 12.9. The molecule has 2 nitrogen and oxygen atoms in total. The summed E-state index contributed by atoms with van der Waals surface area (Å²) >= 11 is 0. The van der Waals surface area contributed by atoms with Gasteiger partial charge in [-0.3, -0.25) is 0 Å². The van der Waals surface area contributed by atoms with Crippen LogP contribution in [-0.2, 0) is 0 Å². The summed E-state index contributed by atoms with van der Waals surface area (Å²) in [7, 11) is 2.11. The SMILES string of the molecule is CNC(C)C1CCCN(CC2CC3CCC2C3)C1. The summed E-state index contributed by atoms with van der Waals surface area (Å²) in [4.78, 5) is 2.79. The lowest BCUT2D eigenvalue weighted by molar-refractivity contribution is 0.118. The number of fused-ring (bicyclic) bond motifs is 2. The Bertz CT molecular complexity index is 278. The molecule has 3 aliphatic rings. The predicted octanol–water partition coefficient (Wildman–Crippen LogP) is 2.74.